The first kappa shape index (κ1) is 13.8. The van der Waals surface area contributed by atoms with Crippen molar-refractivity contribution in [2.45, 2.75) is 31.7 Å². The molecule has 2 aliphatic heterocycles. The minimum atomic E-state index is 0.102. The van der Waals surface area contributed by atoms with Crippen LogP contribution in [-0.4, -0.2) is 67.6 Å². The van der Waals surface area contributed by atoms with E-state index in [0.717, 1.165) is 71.5 Å². The molecule has 5 nitrogen and oxygen atoms in total. The van der Waals surface area contributed by atoms with Gasteiger partial charge in [-0.2, -0.15) is 0 Å². The number of hydrogen-bond donors (Lipinski definition) is 2. The lowest BCUT2D eigenvalue weighted by atomic mass is 10.1. The van der Waals surface area contributed by atoms with Crippen molar-refractivity contribution >= 4 is 5.91 Å². The molecule has 0 aliphatic carbocycles. The van der Waals surface area contributed by atoms with Gasteiger partial charge in [0.05, 0.1) is 6.04 Å². The maximum atomic E-state index is 12.0. The van der Waals surface area contributed by atoms with Crippen molar-refractivity contribution in [1.29, 1.82) is 0 Å². The molecule has 2 rings (SSSR count). The fraction of sp³-hybridized carbons (Fsp3) is 0.923. The molecule has 3 N–H and O–H groups in total. The molecule has 18 heavy (non-hydrogen) atoms. The summed E-state index contributed by atoms with van der Waals surface area (Å²) >= 11 is 0. The summed E-state index contributed by atoms with van der Waals surface area (Å²) in [5.74, 6) is 0.236. The van der Waals surface area contributed by atoms with Crippen LogP contribution in [0.3, 0.4) is 0 Å². The Morgan fingerprint density at radius 3 is 2.89 bits per heavy atom. The van der Waals surface area contributed by atoms with Crippen LogP contribution in [0.5, 0.6) is 0 Å². The molecule has 1 unspecified atom stereocenters. The van der Waals surface area contributed by atoms with Crippen LogP contribution in [0, 0.1) is 0 Å². The lowest BCUT2D eigenvalue weighted by molar-refractivity contribution is -0.126. The molecule has 0 aromatic rings. The Hall–Kier alpha value is -0.650. The second-order valence-corrected chi connectivity index (χ2v) is 5.32. The molecular weight excluding hydrogens is 228 g/mol. The monoisotopic (exact) mass is 254 g/mol. The van der Waals surface area contributed by atoms with Gasteiger partial charge in [-0.05, 0) is 32.2 Å². The van der Waals surface area contributed by atoms with Gasteiger partial charge in [-0.25, -0.2) is 0 Å². The zero-order valence-corrected chi connectivity index (χ0v) is 11.2. The molecule has 0 spiro atoms. The summed E-state index contributed by atoms with van der Waals surface area (Å²) in [6.45, 7) is 6.75. The number of hydrogen-bond acceptors (Lipinski definition) is 4. The quantitative estimate of drug-likeness (QED) is 0.721. The predicted octanol–water partition coefficient (Wildman–Crippen LogP) is -0.378. The average Bonchev–Trinajstić information content (AvgIpc) is 2.70. The van der Waals surface area contributed by atoms with Crippen LogP contribution in [0.4, 0.5) is 0 Å². The molecule has 0 bridgehead atoms. The Labute approximate surface area is 110 Å². The molecule has 104 valence electrons. The maximum Gasteiger partial charge on any atom is 0.237 e. The van der Waals surface area contributed by atoms with E-state index in [4.69, 9.17) is 5.73 Å². The first-order valence-electron chi connectivity index (χ1n) is 7.25. The van der Waals surface area contributed by atoms with E-state index < -0.39 is 0 Å². The smallest absolute Gasteiger partial charge is 0.237 e. The topological polar surface area (TPSA) is 61.6 Å². The number of carbonyl (C=O) groups excluding carboxylic acids is 1. The third-order valence-electron chi connectivity index (χ3n) is 4.02. The van der Waals surface area contributed by atoms with Crippen LogP contribution in [0.15, 0.2) is 0 Å². The number of amides is 1. The number of nitrogens with one attached hydrogen (secondary N) is 1. The van der Waals surface area contributed by atoms with E-state index in [1.165, 1.54) is 0 Å². The second-order valence-electron chi connectivity index (χ2n) is 5.32. The van der Waals surface area contributed by atoms with E-state index in [-0.39, 0.29) is 11.9 Å². The van der Waals surface area contributed by atoms with Crippen molar-refractivity contribution in [3.05, 3.63) is 0 Å². The Bertz CT molecular complexity index is 272. The molecule has 1 amide bonds. The van der Waals surface area contributed by atoms with Crippen molar-refractivity contribution in [2.75, 3.05) is 45.8 Å². The third-order valence-corrected chi connectivity index (χ3v) is 4.02. The number of nitrogens with zero attached hydrogens (tertiary/aromatic N) is 2. The highest BCUT2D eigenvalue weighted by atomic mass is 16.2. The summed E-state index contributed by atoms with van der Waals surface area (Å²) in [5, 5.41) is 3.03. The molecular formula is C13H26N4O. The fourth-order valence-electron chi connectivity index (χ4n) is 2.98. The third kappa shape index (κ3) is 3.67. The van der Waals surface area contributed by atoms with Crippen LogP contribution in [0.2, 0.25) is 0 Å². The molecule has 0 aromatic carbocycles. The van der Waals surface area contributed by atoms with Crippen molar-refractivity contribution in [1.82, 2.24) is 15.1 Å². The highest BCUT2D eigenvalue weighted by molar-refractivity contribution is 5.81. The van der Waals surface area contributed by atoms with Gasteiger partial charge in [0.2, 0.25) is 5.91 Å². The zero-order valence-electron chi connectivity index (χ0n) is 11.2. The molecule has 0 saturated carbocycles. The highest BCUT2D eigenvalue weighted by Gasteiger charge is 2.28. The molecule has 2 saturated heterocycles. The number of carbonyl (C=O) groups is 1. The van der Waals surface area contributed by atoms with Crippen LogP contribution in [0.25, 0.3) is 0 Å². The van der Waals surface area contributed by atoms with Gasteiger partial charge in [0.1, 0.15) is 0 Å². The molecule has 2 fully saturated rings. The van der Waals surface area contributed by atoms with E-state index in [9.17, 15) is 4.79 Å². The minimum Gasteiger partial charge on any atom is -0.355 e. The lowest BCUT2D eigenvalue weighted by Crippen LogP contribution is -2.47. The van der Waals surface area contributed by atoms with E-state index in [0.29, 0.717) is 0 Å². The first-order chi connectivity index (χ1) is 8.81. The van der Waals surface area contributed by atoms with Crippen molar-refractivity contribution in [2.24, 2.45) is 5.73 Å². The summed E-state index contributed by atoms with van der Waals surface area (Å²) in [4.78, 5) is 16.8. The summed E-state index contributed by atoms with van der Waals surface area (Å²) < 4.78 is 0. The molecule has 2 heterocycles. The zero-order chi connectivity index (χ0) is 12.8. The SMILES string of the molecule is NCCN1CCCN(C2CCCCNC2=O)CC1. The fourth-order valence-corrected chi connectivity index (χ4v) is 2.98. The molecule has 0 radical (unpaired) electrons. The molecule has 5 heteroatoms. The average molecular weight is 254 g/mol. The molecule has 2 aliphatic rings. The Morgan fingerprint density at radius 1 is 1.17 bits per heavy atom. The van der Waals surface area contributed by atoms with E-state index in [1.54, 1.807) is 0 Å². The largest absolute Gasteiger partial charge is 0.355 e. The summed E-state index contributed by atoms with van der Waals surface area (Å²) in [6.07, 6.45) is 4.44. The second kappa shape index (κ2) is 7.07. The molecule has 1 atom stereocenters. The lowest BCUT2D eigenvalue weighted by Gasteiger charge is -2.28. The Balaban J connectivity index is 1.89. The van der Waals surface area contributed by atoms with Crippen molar-refractivity contribution < 1.29 is 4.79 Å². The van der Waals surface area contributed by atoms with Gasteiger partial charge in [0.25, 0.3) is 0 Å². The van der Waals surface area contributed by atoms with Gasteiger partial charge in [-0.15, -0.1) is 0 Å². The minimum absolute atomic E-state index is 0.102. The van der Waals surface area contributed by atoms with Crippen LogP contribution in [-0.2, 0) is 4.79 Å². The maximum absolute atomic E-state index is 12.0. The normalized spacial score (nSPS) is 28.5. The Morgan fingerprint density at radius 2 is 2.06 bits per heavy atom. The van der Waals surface area contributed by atoms with E-state index >= 15 is 0 Å². The predicted molar refractivity (Wildman–Crippen MR) is 72.3 cm³/mol. The standard InChI is InChI=1S/C13H26N4O/c14-5-9-16-7-3-8-17(11-10-16)12-4-1-2-6-15-13(12)18/h12H,1-11,14H2,(H,15,18). The van der Waals surface area contributed by atoms with Gasteiger partial charge < -0.3 is 16.0 Å². The van der Waals surface area contributed by atoms with Crippen molar-refractivity contribution in [3.63, 3.8) is 0 Å². The summed E-state index contributed by atoms with van der Waals surface area (Å²) in [7, 11) is 0. The van der Waals surface area contributed by atoms with Gasteiger partial charge in [-0.1, -0.05) is 0 Å². The number of rotatable bonds is 3. The van der Waals surface area contributed by atoms with Gasteiger partial charge in [0, 0.05) is 39.3 Å². The van der Waals surface area contributed by atoms with E-state index in [2.05, 4.69) is 15.1 Å². The van der Waals surface area contributed by atoms with Crippen molar-refractivity contribution in [3.8, 4) is 0 Å². The molecule has 0 aromatic heterocycles. The van der Waals surface area contributed by atoms with Crippen LogP contribution >= 0.6 is 0 Å². The van der Waals surface area contributed by atoms with Gasteiger partial charge in [-0.3, -0.25) is 9.69 Å². The van der Waals surface area contributed by atoms with E-state index in [1.807, 2.05) is 0 Å². The summed E-state index contributed by atoms with van der Waals surface area (Å²) in [6, 6.07) is 0.102. The first-order valence-corrected chi connectivity index (χ1v) is 7.25. The number of nitrogens with two attached hydrogens (primary N) is 1. The van der Waals surface area contributed by atoms with Gasteiger partial charge >= 0.3 is 0 Å². The van der Waals surface area contributed by atoms with Gasteiger partial charge in [0.15, 0.2) is 0 Å². The van der Waals surface area contributed by atoms with Crippen LogP contribution < -0.4 is 11.1 Å². The highest BCUT2D eigenvalue weighted by Crippen LogP contribution is 2.15. The van der Waals surface area contributed by atoms with Crippen LogP contribution in [0.1, 0.15) is 25.7 Å². The Kier molecular flexibility index (Phi) is 5.41. The summed E-state index contributed by atoms with van der Waals surface area (Å²) in [5.41, 5.74) is 5.61.